The number of carboxylic acids is 1. The largest absolute Gasteiger partial charge is 0.478 e. The molecule has 9 heteroatoms. The van der Waals surface area contributed by atoms with E-state index in [9.17, 15) is 14.9 Å². The van der Waals surface area contributed by atoms with Gasteiger partial charge in [0.2, 0.25) is 0 Å². The van der Waals surface area contributed by atoms with Gasteiger partial charge in [-0.2, -0.15) is 4.37 Å². The predicted molar refractivity (Wildman–Crippen MR) is 73.5 cm³/mol. The summed E-state index contributed by atoms with van der Waals surface area (Å²) in [6.07, 6.45) is 0.653. The van der Waals surface area contributed by atoms with Crippen LogP contribution < -0.4 is 0 Å². The van der Waals surface area contributed by atoms with Gasteiger partial charge in [0.15, 0.2) is 4.34 Å². The number of nitro groups is 1. The van der Waals surface area contributed by atoms with Gasteiger partial charge in [-0.3, -0.25) is 10.1 Å². The molecule has 7 nitrogen and oxygen atoms in total. The maximum Gasteiger partial charge on any atom is 0.337 e. The van der Waals surface area contributed by atoms with Gasteiger partial charge in [-0.1, -0.05) is 13.0 Å². The number of nitrogens with zero attached hydrogens (tertiary/aromatic N) is 3. The molecule has 1 aromatic carbocycles. The zero-order chi connectivity index (χ0) is 14.7. The number of aromatic nitrogens is 2. The van der Waals surface area contributed by atoms with Crippen LogP contribution in [0.5, 0.6) is 0 Å². The third-order valence-electron chi connectivity index (χ3n) is 2.38. The van der Waals surface area contributed by atoms with Gasteiger partial charge in [-0.25, -0.2) is 9.78 Å². The standard InChI is InChI=1S/C11H9N3O4S2/c1-2-8-12-11(20-13-8)19-9-6(10(15)16)4-3-5-7(9)14(17)18/h3-5H,2H2,1H3,(H,15,16). The zero-order valence-electron chi connectivity index (χ0n) is 10.3. The summed E-state index contributed by atoms with van der Waals surface area (Å²) in [7, 11) is 0. The van der Waals surface area contributed by atoms with E-state index < -0.39 is 10.9 Å². The second-order valence-corrected chi connectivity index (χ2v) is 5.66. The zero-order valence-corrected chi connectivity index (χ0v) is 11.9. The van der Waals surface area contributed by atoms with E-state index in [1.54, 1.807) is 0 Å². The first-order valence-corrected chi connectivity index (χ1v) is 7.13. The summed E-state index contributed by atoms with van der Waals surface area (Å²) < 4.78 is 4.56. The highest BCUT2D eigenvalue weighted by Gasteiger charge is 2.23. The molecule has 0 amide bonds. The number of carbonyl (C=O) groups is 1. The second-order valence-electron chi connectivity index (χ2n) is 3.65. The van der Waals surface area contributed by atoms with Crippen LogP contribution in [0, 0.1) is 10.1 Å². The molecule has 1 N–H and O–H groups in total. The van der Waals surface area contributed by atoms with E-state index in [1.807, 2.05) is 6.92 Å². The normalized spacial score (nSPS) is 10.4. The topological polar surface area (TPSA) is 106 Å². The minimum atomic E-state index is -1.21. The van der Waals surface area contributed by atoms with Crippen LogP contribution in [-0.2, 0) is 6.42 Å². The third-order valence-corrected chi connectivity index (χ3v) is 4.30. The van der Waals surface area contributed by atoms with E-state index in [2.05, 4.69) is 9.36 Å². The maximum atomic E-state index is 11.2. The van der Waals surface area contributed by atoms with Crippen molar-refractivity contribution in [2.24, 2.45) is 0 Å². The van der Waals surface area contributed by atoms with E-state index in [-0.39, 0.29) is 16.1 Å². The van der Waals surface area contributed by atoms with E-state index in [1.165, 1.54) is 18.2 Å². The molecule has 2 aromatic rings. The van der Waals surface area contributed by atoms with Gasteiger partial charge < -0.3 is 5.11 Å². The van der Waals surface area contributed by atoms with Gasteiger partial charge in [-0.15, -0.1) is 0 Å². The molecular weight excluding hydrogens is 302 g/mol. The lowest BCUT2D eigenvalue weighted by Crippen LogP contribution is -2.02. The Labute approximate surface area is 122 Å². The Balaban J connectivity index is 2.47. The molecule has 0 radical (unpaired) electrons. The lowest BCUT2D eigenvalue weighted by molar-refractivity contribution is -0.387. The number of rotatable bonds is 5. The average molecular weight is 311 g/mol. The van der Waals surface area contributed by atoms with Crippen molar-refractivity contribution < 1.29 is 14.8 Å². The SMILES string of the molecule is CCc1nsc(Sc2c(C(=O)O)cccc2[N+](=O)[O-])n1. The van der Waals surface area contributed by atoms with Gasteiger partial charge in [-0.05, 0) is 29.4 Å². The van der Waals surface area contributed by atoms with Crippen LogP contribution in [-0.4, -0.2) is 25.4 Å². The number of benzene rings is 1. The van der Waals surface area contributed by atoms with E-state index in [0.29, 0.717) is 16.6 Å². The molecule has 1 aromatic heterocycles. The number of carboxylic acid groups (broad SMARTS) is 1. The summed E-state index contributed by atoms with van der Waals surface area (Å²) in [6, 6.07) is 3.96. The molecule has 0 unspecified atom stereocenters. The quantitative estimate of drug-likeness (QED) is 0.668. The molecule has 2 rings (SSSR count). The maximum absolute atomic E-state index is 11.2. The Morgan fingerprint density at radius 1 is 1.55 bits per heavy atom. The highest BCUT2D eigenvalue weighted by Crippen LogP contribution is 2.38. The summed E-state index contributed by atoms with van der Waals surface area (Å²) in [5, 5.41) is 20.1. The number of aryl methyl sites for hydroxylation is 1. The van der Waals surface area contributed by atoms with Crippen molar-refractivity contribution in [1.82, 2.24) is 9.36 Å². The van der Waals surface area contributed by atoms with E-state index >= 15 is 0 Å². The fourth-order valence-electron chi connectivity index (χ4n) is 1.45. The first-order valence-electron chi connectivity index (χ1n) is 5.54. The molecule has 0 fully saturated rings. The minimum absolute atomic E-state index is 0.0730. The van der Waals surface area contributed by atoms with Crippen molar-refractivity contribution in [3.05, 3.63) is 39.7 Å². The van der Waals surface area contributed by atoms with Crippen LogP contribution in [0.15, 0.2) is 27.4 Å². The minimum Gasteiger partial charge on any atom is -0.478 e. The van der Waals surface area contributed by atoms with E-state index in [4.69, 9.17) is 5.11 Å². The van der Waals surface area contributed by atoms with Gasteiger partial charge in [0.1, 0.15) is 10.7 Å². The van der Waals surface area contributed by atoms with Crippen molar-refractivity contribution in [3.8, 4) is 0 Å². The fourth-order valence-corrected chi connectivity index (χ4v) is 3.30. The molecule has 0 spiro atoms. The van der Waals surface area contributed by atoms with Crippen LogP contribution in [0.25, 0.3) is 0 Å². The fraction of sp³-hybridized carbons (Fsp3) is 0.182. The van der Waals surface area contributed by atoms with Crippen molar-refractivity contribution in [1.29, 1.82) is 0 Å². The van der Waals surface area contributed by atoms with Crippen LogP contribution in [0.4, 0.5) is 5.69 Å². The Kier molecular flexibility index (Phi) is 4.30. The first-order chi connectivity index (χ1) is 9.52. The first kappa shape index (κ1) is 14.4. The van der Waals surface area contributed by atoms with Crippen molar-refractivity contribution in [2.75, 3.05) is 0 Å². The molecule has 0 aliphatic heterocycles. The molecule has 1 heterocycles. The Bertz CT molecular complexity index is 639. The number of nitro benzene ring substituents is 1. The Morgan fingerprint density at radius 2 is 2.30 bits per heavy atom. The third kappa shape index (κ3) is 2.94. The van der Waals surface area contributed by atoms with Gasteiger partial charge in [0.05, 0.1) is 10.5 Å². The summed E-state index contributed by atoms with van der Waals surface area (Å²) in [5.41, 5.74) is -0.361. The monoisotopic (exact) mass is 311 g/mol. The molecule has 0 saturated heterocycles. The summed E-state index contributed by atoms with van der Waals surface area (Å²) in [6.45, 7) is 1.89. The van der Waals surface area contributed by atoms with E-state index in [0.717, 1.165) is 23.3 Å². The van der Waals surface area contributed by atoms with Crippen LogP contribution in [0.1, 0.15) is 23.1 Å². The Hall–Kier alpha value is -2.00. The molecule has 0 saturated carbocycles. The van der Waals surface area contributed by atoms with Gasteiger partial charge in [0, 0.05) is 12.5 Å². The summed E-state index contributed by atoms with van der Waals surface area (Å²) in [5.74, 6) is -0.579. The molecule has 0 aliphatic carbocycles. The molecule has 0 aliphatic rings. The Morgan fingerprint density at radius 3 is 2.85 bits per heavy atom. The summed E-state index contributed by atoms with van der Waals surface area (Å²) >= 11 is 2.05. The number of aromatic carboxylic acids is 1. The van der Waals surface area contributed by atoms with Crippen molar-refractivity contribution >= 4 is 35.0 Å². The highest BCUT2D eigenvalue weighted by molar-refractivity contribution is 8.01. The van der Waals surface area contributed by atoms with Crippen LogP contribution in [0.3, 0.4) is 0 Å². The molecule has 0 atom stereocenters. The van der Waals surface area contributed by atoms with Gasteiger partial charge >= 0.3 is 5.97 Å². The second kappa shape index (κ2) is 5.97. The van der Waals surface area contributed by atoms with Crippen LogP contribution >= 0.6 is 23.3 Å². The molecule has 20 heavy (non-hydrogen) atoms. The van der Waals surface area contributed by atoms with Gasteiger partial charge in [0.25, 0.3) is 5.69 Å². The number of hydrogen-bond acceptors (Lipinski definition) is 7. The molecule has 0 bridgehead atoms. The van der Waals surface area contributed by atoms with Crippen LogP contribution in [0.2, 0.25) is 0 Å². The van der Waals surface area contributed by atoms with Crippen molar-refractivity contribution in [2.45, 2.75) is 22.6 Å². The molecule has 104 valence electrons. The average Bonchev–Trinajstić information content (AvgIpc) is 2.86. The lowest BCUT2D eigenvalue weighted by atomic mass is 10.2. The van der Waals surface area contributed by atoms with Crippen molar-refractivity contribution in [3.63, 3.8) is 0 Å². The number of hydrogen-bond donors (Lipinski definition) is 1. The molecular formula is C11H9N3O4S2. The lowest BCUT2D eigenvalue weighted by Gasteiger charge is -2.04. The summed E-state index contributed by atoms with van der Waals surface area (Å²) in [4.78, 5) is 25.8. The smallest absolute Gasteiger partial charge is 0.337 e. The highest BCUT2D eigenvalue weighted by atomic mass is 32.2. The predicted octanol–water partition coefficient (Wildman–Crippen LogP) is 2.86.